The molecule has 168 valence electrons. The van der Waals surface area contributed by atoms with Crippen LogP contribution in [0, 0.1) is 0 Å². The number of aliphatic hydroxyl groups is 6. The minimum Gasteiger partial charge on any atom is -0.454 e. The Bertz CT molecular complexity index is 545. The van der Waals surface area contributed by atoms with Crippen molar-refractivity contribution in [3.8, 4) is 0 Å². The summed E-state index contributed by atoms with van der Waals surface area (Å²) >= 11 is 0. The third kappa shape index (κ3) is 5.49. The molecule has 0 radical (unpaired) electrons. The van der Waals surface area contributed by atoms with Gasteiger partial charge in [0.1, 0.15) is 42.7 Å². The number of rotatable bonds is 8. The predicted molar refractivity (Wildman–Crippen MR) is 92.1 cm³/mol. The highest BCUT2D eigenvalue weighted by atomic mass is 16.7. The second-order valence-corrected chi connectivity index (χ2v) is 6.71. The van der Waals surface area contributed by atoms with Crippen LogP contribution in [-0.2, 0) is 28.5 Å². The van der Waals surface area contributed by atoms with Crippen LogP contribution in [0.4, 0.5) is 0 Å². The standard InChI is InChI=1S/C17H28O12/c1-3-4-25-14-10(21)8(5-18)28-17(12(14)23)29-13-9(6-19)27-16(24)15(11(13)22)26-7(2)20/h3,8-19,21-24H,1,4-6H2,2H3/t8-,9-,10+,11+,12-,13-,14+,15-,16-,17+/m1/s1. The molecular weight excluding hydrogens is 396 g/mol. The van der Waals surface area contributed by atoms with Crippen molar-refractivity contribution < 1.29 is 59.1 Å². The van der Waals surface area contributed by atoms with E-state index in [4.69, 9.17) is 23.7 Å². The number of esters is 1. The molecule has 2 aliphatic heterocycles. The lowest BCUT2D eigenvalue weighted by Gasteiger charge is -2.46. The lowest BCUT2D eigenvalue weighted by atomic mass is 9.96. The van der Waals surface area contributed by atoms with Gasteiger partial charge in [-0.1, -0.05) is 6.08 Å². The van der Waals surface area contributed by atoms with Crippen molar-refractivity contribution in [1.82, 2.24) is 0 Å². The third-order valence-electron chi connectivity index (χ3n) is 4.64. The van der Waals surface area contributed by atoms with Gasteiger partial charge in [-0.05, 0) is 0 Å². The summed E-state index contributed by atoms with van der Waals surface area (Å²) in [6, 6.07) is 0. The van der Waals surface area contributed by atoms with Gasteiger partial charge in [-0.2, -0.15) is 0 Å². The maximum atomic E-state index is 11.2. The molecular formula is C17H28O12. The van der Waals surface area contributed by atoms with E-state index in [2.05, 4.69) is 6.58 Å². The Morgan fingerprint density at radius 3 is 2.17 bits per heavy atom. The molecule has 10 atom stereocenters. The van der Waals surface area contributed by atoms with E-state index < -0.39 is 80.6 Å². The van der Waals surface area contributed by atoms with Crippen LogP contribution in [-0.4, -0.2) is 118 Å². The number of ether oxygens (including phenoxy) is 5. The Morgan fingerprint density at radius 2 is 1.62 bits per heavy atom. The molecule has 12 nitrogen and oxygen atoms in total. The van der Waals surface area contributed by atoms with Crippen molar-refractivity contribution in [2.75, 3.05) is 19.8 Å². The van der Waals surface area contributed by atoms with E-state index in [1.165, 1.54) is 6.08 Å². The Morgan fingerprint density at radius 1 is 0.966 bits per heavy atom. The molecule has 0 saturated carbocycles. The topological polar surface area (TPSA) is 185 Å². The lowest BCUT2D eigenvalue weighted by molar-refractivity contribution is -0.357. The van der Waals surface area contributed by atoms with Gasteiger partial charge in [-0.25, -0.2) is 0 Å². The molecule has 29 heavy (non-hydrogen) atoms. The Balaban J connectivity index is 2.20. The van der Waals surface area contributed by atoms with Gasteiger partial charge in [0.25, 0.3) is 0 Å². The summed E-state index contributed by atoms with van der Waals surface area (Å²) in [6.07, 6.45) is -13.0. The molecule has 0 amide bonds. The van der Waals surface area contributed by atoms with Crippen LogP contribution in [0.3, 0.4) is 0 Å². The maximum absolute atomic E-state index is 11.2. The summed E-state index contributed by atoms with van der Waals surface area (Å²) in [5.41, 5.74) is 0. The number of hydrogen-bond donors (Lipinski definition) is 6. The van der Waals surface area contributed by atoms with E-state index in [-0.39, 0.29) is 6.61 Å². The van der Waals surface area contributed by atoms with Crippen molar-refractivity contribution in [2.24, 2.45) is 0 Å². The first-order valence-electron chi connectivity index (χ1n) is 9.05. The van der Waals surface area contributed by atoms with Crippen LogP contribution in [0.25, 0.3) is 0 Å². The highest BCUT2D eigenvalue weighted by Crippen LogP contribution is 2.30. The molecule has 2 saturated heterocycles. The van der Waals surface area contributed by atoms with Crippen LogP contribution in [0.15, 0.2) is 12.7 Å². The summed E-state index contributed by atoms with van der Waals surface area (Å²) in [6.45, 7) is 3.22. The lowest BCUT2D eigenvalue weighted by Crippen LogP contribution is -2.65. The smallest absolute Gasteiger partial charge is 0.303 e. The molecule has 2 rings (SSSR count). The highest BCUT2D eigenvalue weighted by molar-refractivity contribution is 5.66. The van der Waals surface area contributed by atoms with E-state index in [0.717, 1.165) is 6.92 Å². The number of carbonyl (C=O) groups excluding carboxylic acids is 1. The van der Waals surface area contributed by atoms with Crippen molar-refractivity contribution in [1.29, 1.82) is 0 Å². The van der Waals surface area contributed by atoms with Gasteiger partial charge in [0.15, 0.2) is 18.7 Å². The predicted octanol–water partition coefficient (Wildman–Crippen LogP) is -3.62. The second-order valence-electron chi connectivity index (χ2n) is 6.71. The molecule has 6 N–H and O–H groups in total. The monoisotopic (exact) mass is 424 g/mol. The first-order valence-corrected chi connectivity index (χ1v) is 9.05. The van der Waals surface area contributed by atoms with Gasteiger partial charge >= 0.3 is 5.97 Å². The molecule has 0 aromatic heterocycles. The van der Waals surface area contributed by atoms with E-state index >= 15 is 0 Å². The minimum atomic E-state index is -1.72. The van der Waals surface area contributed by atoms with E-state index in [1.54, 1.807) is 0 Å². The molecule has 0 aromatic carbocycles. The van der Waals surface area contributed by atoms with Crippen LogP contribution < -0.4 is 0 Å². The Kier molecular flexibility index (Phi) is 8.91. The zero-order valence-corrected chi connectivity index (χ0v) is 15.8. The van der Waals surface area contributed by atoms with Gasteiger partial charge < -0.3 is 54.3 Å². The minimum absolute atomic E-state index is 0.0151. The average molecular weight is 424 g/mol. The second kappa shape index (κ2) is 10.7. The maximum Gasteiger partial charge on any atom is 0.303 e. The van der Waals surface area contributed by atoms with Crippen LogP contribution in [0.5, 0.6) is 0 Å². The molecule has 2 heterocycles. The zero-order chi connectivity index (χ0) is 21.7. The van der Waals surface area contributed by atoms with Gasteiger partial charge in [0, 0.05) is 6.92 Å². The zero-order valence-electron chi connectivity index (χ0n) is 15.8. The van der Waals surface area contributed by atoms with Crippen LogP contribution >= 0.6 is 0 Å². The first-order chi connectivity index (χ1) is 13.7. The molecule has 2 aliphatic rings. The van der Waals surface area contributed by atoms with Crippen molar-refractivity contribution in [3.05, 3.63) is 12.7 Å². The molecule has 0 aromatic rings. The SMILES string of the molecule is C=CCO[C@H]1[C@@H](O)[C@@H](CO)O[C@@H](O[C@H]2[C@H](O)[C@@H](OC(C)=O)[C@H](O)O[C@@H]2CO)[C@@H]1O. The first kappa shape index (κ1) is 24.1. The van der Waals surface area contributed by atoms with Crippen LogP contribution in [0.2, 0.25) is 0 Å². The van der Waals surface area contributed by atoms with Gasteiger partial charge in [-0.3, -0.25) is 4.79 Å². The molecule has 0 unspecified atom stereocenters. The fourth-order valence-corrected chi connectivity index (χ4v) is 3.24. The molecule has 2 fully saturated rings. The molecule has 0 spiro atoms. The largest absolute Gasteiger partial charge is 0.454 e. The van der Waals surface area contributed by atoms with E-state index in [1.807, 2.05) is 0 Å². The van der Waals surface area contributed by atoms with Gasteiger partial charge in [0.05, 0.1) is 19.8 Å². The van der Waals surface area contributed by atoms with Crippen LogP contribution in [0.1, 0.15) is 6.92 Å². The summed E-state index contributed by atoms with van der Waals surface area (Å²) in [4.78, 5) is 11.2. The van der Waals surface area contributed by atoms with Crippen molar-refractivity contribution in [3.63, 3.8) is 0 Å². The van der Waals surface area contributed by atoms with E-state index in [0.29, 0.717) is 0 Å². The van der Waals surface area contributed by atoms with Gasteiger partial charge in [-0.15, -0.1) is 6.58 Å². The molecule has 0 bridgehead atoms. The molecule has 12 heteroatoms. The number of aliphatic hydroxyl groups excluding tert-OH is 6. The third-order valence-corrected chi connectivity index (χ3v) is 4.64. The summed E-state index contributed by atoms with van der Waals surface area (Å²) in [7, 11) is 0. The normalized spacial score (nSPS) is 43.0. The fourth-order valence-electron chi connectivity index (χ4n) is 3.24. The number of hydrogen-bond acceptors (Lipinski definition) is 12. The fraction of sp³-hybridized carbons (Fsp3) is 0.824. The van der Waals surface area contributed by atoms with E-state index in [9.17, 15) is 35.4 Å². The van der Waals surface area contributed by atoms with Crippen molar-refractivity contribution in [2.45, 2.75) is 68.3 Å². The summed E-state index contributed by atoms with van der Waals surface area (Å²) in [5.74, 6) is -0.798. The average Bonchev–Trinajstić information content (AvgIpc) is 2.68. The Hall–Kier alpha value is -1.19. The van der Waals surface area contributed by atoms with Gasteiger partial charge in [0.2, 0.25) is 0 Å². The molecule has 0 aliphatic carbocycles. The Labute approximate surface area is 166 Å². The summed E-state index contributed by atoms with van der Waals surface area (Å²) < 4.78 is 26.3. The highest BCUT2D eigenvalue weighted by Gasteiger charge is 2.52. The summed E-state index contributed by atoms with van der Waals surface area (Å²) in [5, 5.41) is 60.1. The number of carbonyl (C=O) groups is 1. The van der Waals surface area contributed by atoms with Crippen molar-refractivity contribution >= 4 is 5.97 Å². The quantitative estimate of drug-likeness (QED) is 0.166.